The van der Waals surface area contributed by atoms with E-state index in [1.165, 1.54) is 6.21 Å². The van der Waals surface area contributed by atoms with E-state index in [1.54, 1.807) is 0 Å². The molecule has 5 atom stereocenters. The van der Waals surface area contributed by atoms with Crippen molar-refractivity contribution in [3.05, 3.63) is 11.3 Å². The van der Waals surface area contributed by atoms with Gasteiger partial charge in [-0.15, -0.1) is 0 Å². The molecule has 7 nitrogen and oxygen atoms in total. The molecule has 0 aromatic rings. The number of amidine groups is 1. The van der Waals surface area contributed by atoms with Crippen molar-refractivity contribution >= 4 is 18.0 Å². The summed E-state index contributed by atoms with van der Waals surface area (Å²) in [5.41, 5.74) is 6.71. The Hall–Kier alpha value is -1.57. The Morgan fingerprint density at radius 1 is 1.55 bits per heavy atom. The highest BCUT2D eigenvalue weighted by Gasteiger charge is 2.47. The number of nitrogens with two attached hydrogens (primary N) is 1. The van der Waals surface area contributed by atoms with Crippen LogP contribution in [0.4, 0.5) is 0 Å². The molecule has 108 valence electrons. The molecule has 0 radical (unpaired) electrons. The van der Waals surface area contributed by atoms with Gasteiger partial charge in [0.1, 0.15) is 5.84 Å². The predicted octanol–water partition coefficient (Wildman–Crippen LogP) is -1.01. The van der Waals surface area contributed by atoms with Crippen LogP contribution in [0.3, 0.4) is 0 Å². The molecule has 20 heavy (non-hydrogen) atoms. The zero-order chi connectivity index (χ0) is 14.4. The number of aliphatic hydroxyl groups excluding tert-OH is 2. The lowest BCUT2D eigenvalue weighted by molar-refractivity contribution is -0.114. The summed E-state index contributed by atoms with van der Waals surface area (Å²) in [4.78, 5) is 19.8. The van der Waals surface area contributed by atoms with Gasteiger partial charge in [-0.3, -0.25) is 4.79 Å². The third-order valence-corrected chi connectivity index (χ3v) is 4.18. The minimum atomic E-state index is -0.748. The van der Waals surface area contributed by atoms with E-state index >= 15 is 0 Å². The summed E-state index contributed by atoms with van der Waals surface area (Å²) in [6.45, 7) is 1.66. The molecule has 1 unspecified atom stereocenters. The molecule has 1 fully saturated rings. The van der Waals surface area contributed by atoms with Crippen molar-refractivity contribution in [2.75, 3.05) is 6.61 Å². The van der Waals surface area contributed by atoms with E-state index in [-0.39, 0.29) is 18.4 Å². The van der Waals surface area contributed by atoms with Crippen molar-refractivity contribution in [2.24, 2.45) is 27.6 Å². The molecule has 0 aromatic heterocycles. The van der Waals surface area contributed by atoms with Gasteiger partial charge < -0.3 is 20.7 Å². The number of rotatable bonds is 2. The lowest BCUT2D eigenvalue weighted by atomic mass is 9.88. The van der Waals surface area contributed by atoms with Crippen LogP contribution in [0, 0.1) is 11.8 Å². The van der Waals surface area contributed by atoms with Gasteiger partial charge in [0.25, 0.3) is 5.91 Å². The summed E-state index contributed by atoms with van der Waals surface area (Å²) in [5, 5.41) is 19.5. The van der Waals surface area contributed by atoms with Gasteiger partial charge in [0.05, 0.1) is 36.5 Å². The van der Waals surface area contributed by atoms with Crippen LogP contribution < -0.4 is 5.73 Å². The predicted molar refractivity (Wildman–Crippen MR) is 71.2 cm³/mol. The first-order chi connectivity index (χ1) is 9.52. The third-order valence-electron chi connectivity index (χ3n) is 4.18. The Morgan fingerprint density at radius 2 is 2.30 bits per heavy atom. The summed E-state index contributed by atoms with van der Waals surface area (Å²) >= 11 is 0. The quantitative estimate of drug-likeness (QED) is 0.598. The fourth-order valence-corrected chi connectivity index (χ4v) is 2.96. The molecule has 3 rings (SSSR count). The lowest BCUT2D eigenvalue weighted by Crippen LogP contribution is -2.36. The molecule has 3 aliphatic heterocycles. The molecule has 4 N–H and O–H groups in total. The average molecular weight is 279 g/mol. The fourth-order valence-electron chi connectivity index (χ4n) is 2.96. The van der Waals surface area contributed by atoms with Gasteiger partial charge >= 0.3 is 0 Å². The standard InChI is InChI=1S/C13H17N3O4/c1-5-8(4-17)20-12(11(5)18)7-3-15-13(19)6-2-9(14)16-10(6)7/h3,5,7-8,11-12,17-18H,2,4H2,1H3,(H2,14,16)/t5-,7?,8-,11-,12+/m1/s1. The minimum Gasteiger partial charge on any atom is -0.394 e. The van der Waals surface area contributed by atoms with Gasteiger partial charge in [0.15, 0.2) is 0 Å². The van der Waals surface area contributed by atoms with Crippen molar-refractivity contribution in [3.8, 4) is 0 Å². The van der Waals surface area contributed by atoms with Crippen LogP contribution in [0.15, 0.2) is 21.3 Å². The van der Waals surface area contributed by atoms with Crippen LogP contribution >= 0.6 is 0 Å². The van der Waals surface area contributed by atoms with Gasteiger partial charge in [-0.25, -0.2) is 9.98 Å². The molecular weight excluding hydrogens is 262 g/mol. The zero-order valence-corrected chi connectivity index (χ0v) is 11.1. The van der Waals surface area contributed by atoms with Crippen LogP contribution in [0.25, 0.3) is 0 Å². The maximum Gasteiger partial charge on any atom is 0.274 e. The Labute approximate surface area is 115 Å². The highest BCUT2D eigenvalue weighted by molar-refractivity contribution is 6.08. The zero-order valence-electron chi connectivity index (χ0n) is 11.1. The van der Waals surface area contributed by atoms with E-state index in [1.807, 2.05) is 6.92 Å². The van der Waals surface area contributed by atoms with Crippen molar-refractivity contribution in [1.82, 2.24) is 0 Å². The number of carbonyl (C=O) groups is 1. The summed E-state index contributed by atoms with van der Waals surface area (Å²) in [7, 11) is 0. The number of ether oxygens (including phenoxy) is 1. The second-order valence-corrected chi connectivity index (χ2v) is 5.42. The van der Waals surface area contributed by atoms with Gasteiger partial charge in [0, 0.05) is 24.1 Å². The van der Waals surface area contributed by atoms with E-state index in [9.17, 15) is 15.0 Å². The average Bonchev–Trinajstić information content (AvgIpc) is 2.94. The molecule has 3 heterocycles. The number of hydrogen-bond acceptors (Lipinski definition) is 6. The monoisotopic (exact) mass is 279 g/mol. The van der Waals surface area contributed by atoms with Gasteiger partial charge in [-0.2, -0.15) is 0 Å². The Bertz CT molecular complexity index is 540. The highest BCUT2D eigenvalue weighted by atomic mass is 16.5. The maximum absolute atomic E-state index is 11.7. The van der Waals surface area contributed by atoms with Gasteiger partial charge in [-0.1, -0.05) is 6.92 Å². The van der Waals surface area contributed by atoms with Crippen LogP contribution in [0.2, 0.25) is 0 Å². The molecule has 1 amide bonds. The van der Waals surface area contributed by atoms with E-state index in [4.69, 9.17) is 10.5 Å². The van der Waals surface area contributed by atoms with Gasteiger partial charge in [-0.05, 0) is 0 Å². The van der Waals surface area contributed by atoms with Crippen LogP contribution in [-0.2, 0) is 9.53 Å². The molecule has 0 spiro atoms. The van der Waals surface area contributed by atoms with Crippen LogP contribution in [0.1, 0.15) is 13.3 Å². The fraction of sp³-hybridized carbons (Fsp3) is 0.615. The van der Waals surface area contributed by atoms with Crippen molar-refractivity contribution < 1.29 is 19.7 Å². The first kappa shape index (κ1) is 13.4. The molecule has 0 aromatic carbocycles. The first-order valence-electron chi connectivity index (χ1n) is 6.62. The van der Waals surface area contributed by atoms with Crippen LogP contribution in [0.5, 0.6) is 0 Å². The van der Waals surface area contributed by atoms with Crippen molar-refractivity contribution in [3.63, 3.8) is 0 Å². The number of nitrogens with zero attached hydrogens (tertiary/aromatic N) is 2. The van der Waals surface area contributed by atoms with E-state index < -0.39 is 24.2 Å². The number of hydrogen-bond donors (Lipinski definition) is 3. The first-order valence-corrected chi connectivity index (χ1v) is 6.62. The SMILES string of the molecule is C[C@H]1[C@@H](O)[C@H](C2C=NC(=O)C3=C2N=C(N)C3)O[C@@H]1CO. The van der Waals surface area contributed by atoms with E-state index in [2.05, 4.69) is 9.98 Å². The van der Waals surface area contributed by atoms with Gasteiger partial charge in [0.2, 0.25) is 0 Å². The number of aliphatic imine (C=N–C) groups is 2. The normalized spacial score (nSPS) is 40.2. The van der Waals surface area contributed by atoms with E-state index in [0.29, 0.717) is 23.5 Å². The van der Waals surface area contributed by atoms with E-state index in [0.717, 1.165) is 0 Å². The Balaban J connectivity index is 1.91. The second kappa shape index (κ2) is 4.76. The molecule has 0 saturated carbocycles. The largest absolute Gasteiger partial charge is 0.394 e. The molecule has 0 bridgehead atoms. The number of carbonyl (C=O) groups excluding carboxylic acids is 1. The summed E-state index contributed by atoms with van der Waals surface area (Å²) in [6, 6.07) is 0. The molecular formula is C13H17N3O4. The summed E-state index contributed by atoms with van der Waals surface area (Å²) < 4.78 is 5.71. The Morgan fingerprint density at radius 3 is 2.95 bits per heavy atom. The highest BCUT2D eigenvalue weighted by Crippen LogP contribution is 2.38. The van der Waals surface area contributed by atoms with Crippen molar-refractivity contribution in [2.45, 2.75) is 31.7 Å². The third kappa shape index (κ3) is 1.90. The minimum absolute atomic E-state index is 0.158. The molecule has 1 saturated heterocycles. The van der Waals surface area contributed by atoms with Crippen LogP contribution in [-0.4, -0.2) is 53.1 Å². The number of amides is 1. The molecule has 7 heteroatoms. The number of aliphatic hydroxyl groups is 2. The lowest BCUT2D eigenvalue weighted by Gasteiger charge is -2.25. The smallest absolute Gasteiger partial charge is 0.274 e. The molecule has 0 aliphatic carbocycles. The van der Waals surface area contributed by atoms with Crippen molar-refractivity contribution in [1.29, 1.82) is 0 Å². The number of dihydropyridines is 1. The summed E-state index contributed by atoms with van der Waals surface area (Å²) in [5.74, 6) is -0.557. The molecule has 3 aliphatic rings. The maximum atomic E-state index is 11.7. The summed E-state index contributed by atoms with van der Waals surface area (Å²) in [6.07, 6.45) is 0.0157. The topological polar surface area (TPSA) is 118 Å². The Kier molecular flexibility index (Phi) is 3.19. The second-order valence-electron chi connectivity index (χ2n) is 5.42.